The lowest BCUT2D eigenvalue weighted by Crippen LogP contribution is -2.20. The molecule has 0 aromatic heterocycles. The van der Waals surface area contributed by atoms with Gasteiger partial charge in [0.25, 0.3) is 5.78 Å². The molecule has 1 saturated carbocycles. The molecule has 5 heteroatoms. The third kappa shape index (κ3) is 5.61. The molecule has 0 atom stereocenters. The Hall–Kier alpha value is -0.450. The molecule has 1 fully saturated rings. The van der Waals surface area contributed by atoms with Gasteiger partial charge in [-0.15, -0.1) is 0 Å². The van der Waals surface area contributed by atoms with E-state index in [1.807, 2.05) is 0 Å². The van der Waals surface area contributed by atoms with Crippen molar-refractivity contribution in [2.75, 3.05) is 18.3 Å². The van der Waals surface area contributed by atoms with Gasteiger partial charge < -0.3 is 0 Å². The molecule has 0 unspecified atom stereocenters. The van der Waals surface area contributed by atoms with E-state index < -0.39 is 12.0 Å². The Morgan fingerprint density at radius 1 is 1.35 bits per heavy atom. The molecule has 1 rings (SSSR count). The molecule has 0 amide bonds. The van der Waals surface area contributed by atoms with Crippen molar-refractivity contribution < 1.29 is 18.0 Å². The van der Waals surface area contributed by atoms with Crippen LogP contribution in [-0.4, -0.2) is 30.2 Å². The quantitative estimate of drug-likeness (QED) is 0.534. The first-order chi connectivity index (χ1) is 7.80. The van der Waals surface area contributed by atoms with Gasteiger partial charge in [-0.2, -0.15) is 13.2 Å². The van der Waals surface area contributed by atoms with E-state index >= 15 is 0 Å². The lowest BCUT2D eigenvalue weighted by Gasteiger charge is -2.06. The van der Waals surface area contributed by atoms with Crippen molar-refractivity contribution in [1.29, 1.82) is 0 Å². The fraction of sp³-hybridized carbons (Fsp3) is 0.750. The first-order valence-corrected chi connectivity index (χ1v) is 7.87. The molecule has 1 aliphatic rings. The Bertz CT molecular complexity index is 303. The minimum absolute atomic E-state index is 0.233. The molecule has 0 aromatic carbocycles. The molecule has 0 heterocycles. The summed E-state index contributed by atoms with van der Waals surface area (Å²) >= 11 is 0. The van der Waals surface area contributed by atoms with Crippen LogP contribution in [0.4, 0.5) is 13.2 Å². The number of allylic oxidation sites excluding steroid dienone is 2. The summed E-state index contributed by atoms with van der Waals surface area (Å²) < 4.78 is 36.5. The molecule has 0 spiro atoms. The normalized spacial score (nSPS) is 17.6. The van der Waals surface area contributed by atoms with Crippen LogP contribution < -0.4 is 0 Å². The molecule has 1 nitrogen and oxygen atoms in total. The van der Waals surface area contributed by atoms with Gasteiger partial charge in [-0.05, 0) is 48.6 Å². The Morgan fingerprint density at radius 3 is 2.35 bits per heavy atom. The first kappa shape index (κ1) is 14.6. The molecule has 0 radical (unpaired) electrons. The predicted octanol–water partition coefficient (Wildman–Crippen LogP) is 3.11. The summed E-state index contributed by atoms with van der Waals surface area (Å²) in [6.45, 7) is 0. The Morgan fingerprint density at radius 2 is 1.94 bits per heavy atom. The van der Waals surface area contributed by atoms with E-state index in [4.69, 9.17) is 0 Å². The molecule has 1 aliphatic carbocycles. The summed E-state index contributed by atoms with van der Waals surface area (Å²) in [5, 5.41) is 0. The highest BCUT2D eigenvalue weighted by molar-refractivity contribution is 7.95. The second kappa shape index (κ2) is 5.94. The van der Waals surface area contributed by atoms with E-state index in [0.29, 0.717) is 22.9 Å². The van der Waals surface area contributed by atoms with Gasteiger partial charge in [0.15, 0.2) is 0 Å². The molecular weight excluding hydrogens is 249 g/mol. The molecule has 0 saturated heterocycles. The molecule has 0 aliphatic heterocycles. The molecule has 17 heavy (non-hydrogen) atoms. The maximum atomic E-state index is 12.2. The largest absolute Gasteiger partial charge is 0.454 e. The van der Waals surface area contributed by atoms with Crippen LogP contribution in [0.5, 0.6) is 0 Å². The maximum absolute atomic E-state index is 12.2. The number of ketones is 1. The van der Waals surface area contributed by atoms with Crippen LogP contribution in [0.1, 0.15) is 25.7 Å². The lowest BCUT2D eigenvalue weighted by molar-refractivity contribution is -0.165. The van der Waals surface area contributed by atoms with Crippen molar-refractivity contribution in [3.05, 3.63) is 11.6 Å². The Labute approximate surface area is 103 Å². The summed E-state index contributed by atoms with van der Waals surface area (Å²) in [5.41, 5.74) is 0.706. The summed E-state index contributed by atoms with van der Waals surface area (Å²) in [5.74, 6) is -0.451. The smallest absolute Gasteiger partial charge is 0.285 e. The number of rotatable bonds is 6. The van der Waals surface area contributed by atoms with Gasteiger partial charge in [-0.3, -0.25) is 4.79 Å². The standard InChI is InChI=1S/C12H18F3OS/c1-17(2)7-3-4-10(9-5-6-9)8-11(16)12(13,14)15/h8-9H,3-7H2,1-2H3/q+1/b10-8+. The van der Waals surface area contributed by atoms with Crippen LogP contribution >= 0.6 is 0 Å². The van der Waals surface area contributed by atoms with E-state index in [1.54, 1.807) is 0 Å². The zero-order valence-electron chi connectivity index (χ0n) is 10.1. The van der Waals surface area contributed by atoms with Crippen molar-refractivity contribution in [2.45, 2.75) is 31.9 Å². The highest BCUT2D eigenvalue weighted by Crippen LogP contribution is 2.39. The van der Waals surface area contributed by atoms with E-state index in [0.717, 1.165) is 31.1 Å². The van der Waals surface area contributed by atoms with Crippen molar-refractivity contribution in [3.8, 4) is 0 Å². The van der Waals surface area contributed by atoms with Gasteiger partial charge >= 0.3 is 6.18 Å². The van der Waals surface area contributed by atoms with Crippen LogP contribution in [0, 0.1) is 5.92 Å². The van der Waals surface area contributed by atoms with Gasteiger partial charge in [0, 0.05) is 0 Å². The lowest BCUT2D eigenvalue weighted by atomic mass is 10.0. The van der Waals surface area contributed by atoms with Crippen LogP contribution in [-0.2, 0) is 15.7 Å². The number of hydrogen-bond acceptors (Lipinski definition) is 1. The van der Waals surface area contributed by atoms with Crippen molar-refractivity contribution in [1.82, 2.24) is 0 Å². The number of carbonyl (C=O) groups is 1. The van der Waals surface area contributed by atoms with Gasteiger partial charge in [0.1, 0.15) is 5.75 Å². The summed E-state index contributed by atoms with van der Waals surface area (Å²) in [7, 11) is 0.311. The van der Waals surface area contributed by atoms with Crippen LogP contribution in [0.2, 0.25) is 0 Å². The predicted molar refractivity (Wildman–Crippen MR) is 65.2 cm³/mol. The molecule has 0 bridgehead atoms. The topological polar surface area (TPSA) is 17.1 Å². The SMILES string of the molecule is C[S+](C)CCC/C(=C\C(=O)C(F)(F)F)C1CC1. The molecule has 0 N–H and O–H groups in total. The number of carbonyl (C=O) groups excluding carboxylic acids is 1. The average molecular weight is 267 g/mol. The third-order valence-electron chi connectivity index (χ3n) is 2.72. The monoisotopic (exact) mass is 267 g/mol. The summed E-state index contributed by atoms with van der Waals surface area (Å²) in [6.07, 6.45) is 3.72. The van der Waals surface area contributed by atoms with Crippen LogP contribution in [0.3, 0.4) is 0 Å². The van der Waals surface area contributed by atoms with E-state index in [9.17, 15) is 18.0 Å². The highest BCUT2D eigenvalue weighted by Gasteiger charge is 2.38. The van der Waals surface area contributed by atoms with E-state index in [2.05, 4.69) is 12.5 Å². The highest BCUT2D eigenvalue weighted by atomic mass is 32.2. The first-order valence-electron chi connectivity index (χ1n) is 5.66. The van der Waals surface area contributed by atoms with Crippen LogP contribution in [0.15, 0.2) is 11.6 Å². The summed E-state index contributed by atoms with van der Waals surface area (Å²) in [4.78, 5) is 10.9. The maximum Gasteiger partial charge on any atom is 0.454 e. The van der Waals surface area contributed by atoms with Gasteiger partial charge in [0.05, 0.1) is 12.5 Å². The third-order valence-corrected chi connectivity index (χ3v) is 3.82. The number of hydrogen-bond donors (Lipinski definition) is 0. The second-order valence-corrected chi connectivity index (χ2v) is 7.03. The van der Waals surface area contributed by atoms with Crippen molar-refractivity contribution in [2.24, 2.45) is 5.92 Å². The molecular formula is C12H18F3OS+. The Balaban J connectivity index is 2.53. The van der Waals surface area contributed by atoms with Crippen molar-refractivity contribution in [3.63, 3.8) is 0 Å². The van der Waals surface area contributed by atoms with Gasteiger partial charge in [0.2, 0.25) is 0 Å². The second-order valence-electron chi connectivity index (χ2n) is 4.65. The van der Waals surface area contributed by atoms with Crippen LogP contribution in [0.25, 0.3) is 0 Å². The van der Waals surface area contributed by atoms with E-state index in [1.165, 1.54) is 0 Å². The number of alkyl halides is 3. The zero-order valence-corrected chi connectivity index (χ0v) is 11.0. The fourth-order valence-corrected chi connectivity index (χ4v) is 2.39. The zero-order chi connectivity index (χ0) is 13.1. The fourth-order valence-electron chi connectivity index (χ4n) is 1.66. The van der Waals surface area contributed by atoms with Gasteiger partial charge in [-0.1, -0.05) is 5.57 Å². The minimum Gasteiger partial charge on any atom is -0.285 e. The molecule has 98 valence electrons. The average Bonchev–Trinajstić information content (AvgIpc) is 2.96. The number of halogens is 3. The Kier molecular flexibility index (Phi) is 5.10. The minimum atomic E-state index is -4.72. The van der Waals surface area contributed by atoms with Crippen molar-refractivity contribution >= 4 is 16.7 Å². The molecule has 0 aromatic rings. The summed E-state index contributed by atoms with van der Waals surface area (Å²) in [6, 6.07) is 0. The van der Waals surface area contributed by atoms with E-state index in [-0.39, 0.29) is 5.92 Å². The van der Waals surface area contributed by atoms with Gasteiger partial charge in [-0.25, -0.2) is 0 Å².